The molecule has 0 bridgehead atoms. The normalized spacial score (nSPS) is 11.6. The van der Waals surface area contributed by atoms with Crippen molar-refractivity contribution in [1.82, 2.24) is 15.5 Å². The molecule has 7 heteroatoms. The zero-order valence-corrected chi connectivity index (χ0v) is 16.6. The number of hydrogen-bond acceptors (Lipinski definition) is 5. The van der Waals surface area contributed by atoms with E-state index in [2.05, 4.69) is 27.8 Å². The average Bonchev–Trinajstić information content (AvgIpc) is 3.18. The second kappa shape index (κ2) is 9.23. The van der Waals surface area contributed by atoms with Crippen molar-refractivity contribution >= 4 is 28.8 Å². The first-order chi connectivity index (χ1) is 13.6. The van der Waals surface area contributed by atoms with Gasteiger partial charge in [-0.25, -0.2) is 0 Å². The van der Waals surface area contributed by atoms with Crippen LogP contribution in [0.1, 0.15) is 57.0 Å². The fraction of sp³-hybridized carbons (Fsp3) is 0.238. The molecule has 6 nitrogen and oxygen atoms in total. The quantitative estimate of drug-likeness (QED) is 0.628. The van der Waals surface area contributed by atoms with E-state index >= 15 is 0 Å². The maximum atomic E-state index is 12.6. The second-order valence-corrected chi connectivity index (χ2v) is 7.45. The number of anilines is 1. The first kappa shape index (κ1) is 19.7. The van der Waals surface area contributed by atoms with Crippen LogP contribution in [0.15, 0.2) is 54.6 Å². The van der Waals surface area contributed by atoms with Gasteiger partial charge in [0.1, 0.15) is 5.01 Å². The molecular weight excluding hydrogens is 372 g/mol. The number of hydrogen-bond donors (Lipinski definition) is 2. The predicted octanol–water partition coefficient (Wildman–Crippen LogP) is 4.23. The van der Waals surface area contributed by atoms with Crippen molar-refractivity contribution in [3.05, 3.63) is 75.7 Å². The molecule has 1 heterocycles. The van der Waals surface area contributed by atoms with E-state index in [1.54, 1.807) is 24.3 Å². The van der Waals surface area contributed by atoms with Crippen LogP contribution in [0.4, 0.5) is 5.69 Å². The molecule has 0 fully saturated rings. The third-order valence-corrected chi connectivity index (χ3v) is 5.14. The summed E-state index contributed by atoms with van der Waals surface area (Å²) in [6, 6.07) is 16.5. The van der Waals surface area contributed by atoms with Crippen LogP contribution in [0.3, 0.4) is 0 Å². The fourth-order valence-corrected chi connectivity index (χ4v) is 3.52. The highest BCUT2D eigenvalue weighted by atomic mass is 32.1. The van der Waals surface area contributed by atoms with Crippen molar-refractivity contribution < 1.29 is 9.59 Å². The van der Waals surface area contributed by atoms with E-state index in [4.69, 9.17) is 0 Å². The number of nitrogens with zero attached hydrogens (tertiary/aromatic N) is 2. The number of benzene rings is 2. The Balaban J connectivity index is 1.65. The lowest BCUT2D eigenvalue weighted by Gasteiger charge is -2.14. The monoisotopic (exact) mass is 394 g/mol. The molecule has 0 saturated heterocycles. The average molecular weight is 395 g/mol. The summed E-state index contributed by atoms with van der Waals surface area (Å²) in [5.74, 6) is -0.524. The summed E-state index contributed by atoms with van der Waals surface area (Å²) in [6.45, 7) is 3.98. The number of rotatable bonds is 7. The van der Waals surface area contributed by atoms with Crippen LogP contribution in [0.2, 0.25) is 0 Å². The molecule has 2 aromatic carbocycles. The van der Waals surface area contributed by atoms with E-state index in [1.165, 1.54) is 11.3 Å². The Morgan fingerprint density at radius 1 is 1.04 bits per heavy atom. The second-order valence-electron chi connectivity index (χ2n) is 6.39. The summed E-state index contributed by atoms with van der Waals surface area (Å²) < 4.78 is 0. The molecule has 28 heavy (non-hydrogen) atoms. The van der Waals surface area contributed by atoms with Gasteiger partial charge in [0.05, 0.1) is 6.04 Å². The molecule has 0 aliphatic heterocycles. The lowest BCUT2D eigenvalue weighted by molar-refractivity contribution is 0.0938. The standard InChI is InChI=1S/C21H22N4O2S/c1-3-8-18-24-25-21(28-18)20(27)23-17-12-7-11-16(13-17)19(26)22-14(2)15-9-5-4-6-10-15/h4-7,9-14H,3,8H2,1-2H3,(H,22,26)(H,23,27)/t14-/m0/s1. The fourth-order valence-electron chi connectivity index (χ4n) is 2.69. The van der Waals surface area contributed by atoms with Gasteiger partial charge in [-0.05, 0) is 37.1 Å². The zero-order valence-electron chi connectivity index (χ0n) is 15.8. The number of carbonyl (C=O) groups is 2. The van der Waals surface area contributed by atoms with E-state index in [-0.39, 0.29) is 17.9 Å². The summed E-state index contributed by atoms with van der Waals surface area (Å²) in [6.07, 6.45) is 1.76. The Morgan fingerprint density at radius 3 is 2.57 bits per heavy atom. The van der Waals surface area contributed by atoms with Crippen molar-refractivity contribution in [3.63, 3.8) is 0 Å². The third-order valence-electron chi connectivity index (χ3n) is 4.15. The molecule has 3 aromatic rings. The van der Waals surface area contributed by atoms with Gasteiger partial charge < -0.3 is 10.6 Å². The van der Waals surface area contributed by atoms with E-state index in [0.29, 0.717) is 16.3 Å². The van der Waals surface area contributed by atoms with E-state index in [0.717, 1.165) is 23.4 Å². The minimum Gasteiger partial charge on any atom is -0.346 e. The van der Waals surface area contributed by atoms with Gasteiger partial charge in [-0.1, -0.05) is 54.7 Å². The Kier molecular flexibility index (Phi) is 6.49. The van der Waals surface area contributed by atoms with Crippen LogP contribution in [0.5, 0.6) is 0 Å². The number of nitrogens with one attached hydrogen (secondary N) is 2. The molecule has 0 saturated carbocycles. The topological polar surface area (TPSA) is 84.0 Å². The number of amides is 2. The Hall–Kier alpha value is -3.06. The molecular formula is C21H22N4O2S. The molecule has 0 spiro atoms. The van der Waals surface area contributed by atoms with Crippen LogP contribution in [-0.4, -0.2) is 22.0 Å². The molecule has 1 aromatic heterocycles. The molecule has 3 rings (SSSR count). The molecule has 0 aliphatic carbocycles. The molecule has 1 atom stereocenters. The summed E-state index contributed by atoms with van der Waals surface area (Å²) in [5, 5.41) is 14.9. The summed E-state index contributed by atoms with van der Waals surface area (Å²) in [5.41, 5.74) is 2.04. The molecule has 2 amide bonds. The van der Waals surface area contributed by atoms with Gasteiger partial charge in [-0.15, -0.1) is 10.2 Å². The predicted molar refractivity (Wildman–Crippen MR) is 111 cm³/mol. The van der Waals surface area contributed by atoms with Crippen LogP contribution in [0.25, 0.3) is 0 Å². The molecule has 144 valence electrons. The molecule has 0 unspecified atom stereocenters. The van der Waals surface area contributed by atoms with Gasteiger partial charge in [0.2, 0.25) is 5.01 Å². The van der Waals surface area contributed by atoms with Gasteiger partial charge >= 0.3 is 0 Å². The SMILES string of the molecule is CCCc1nnc(C(=O)Nc2cccc(C(=O)N[C@@H](C)c3ccccc3)c2)s1. The highest BCUT2D eigenvalue weighted by molar-refractivity contribution is 7.13. The molecule has 0 radical (unpaired) electrons. The smallest absolute Gasteiger partial charge is 0.286 e. The van der Waals surface area contributed by atoms with Crippen LogP contribution < -0.4 is 10.6 Å². The minimum atomic E-state index is -0.324. The lowest BCUT2D eigenvalue weighted by Crippen LogP contribution is -2.26. The summed E-state index contributed by atoms with van der Waals surface area (Å²) in [4.78, 5) is 24.9. The first-order valence-corrected chi connectivity index (χ1v) is 9.98. The lowest BCUT2D eigenvalue weighted by atomic mass is 10.1. The van der Waals surface area contributed by atoms with Crippen LogP contribution in [0, 0.1) is 0 Å². The third kappa shape index (κ3) is 5.01. The summed E-state index contributed by atoms with van der Waals surface area (Å²) in [7, 11) is 0. The maximum absolute atomic E-state index is 12.6. The largest absolute Gasteiger partial charge is 0.346 e. The molecule has 2 N–H and O–H groups in total. The number of aryl methyl sites for hydroxylation is 1. The van der Waals surface area contributed by atoms with E-state index < -0.39 is 0 Å². The van der Waals surface area contributed by atoms with Crippen molar-refractivity contribution in [2.24, 2.45) is 0 Å². The number of aromatic nitrogens is 2. The van der Waals surface area contributed by atoms with Gasteiger partial charge in [0, 0.05) is 17.7 Å². The van der Waals surface area contributed by atoms with Crippen molar-refractivity contribution in [2.45, 2.75) is 32.7 Å². The molecule has 0 aliphatic rings. The first-order valence-electron chi connectivity index (χ1n) is 9.16. The van der Waals surface area contributed by atoms with Gasteiger partial charge in [0.15, 0.2) is 0 Å². The zero-order chi connectivity index (χ0) is 19.9. The summed E-state index contributed by atoms with van der Waals surface area (Å²) >= 11 is 1.29. The van der Waals surface area contributed by atoms with E-state index in [9.17, 15) is 9.59 Å². The maximum Gasteiger partial charge on any atom is 0.286 e. The number of carbonyl (C=O) groups excluding carboxylic acids is 2. The van der Waals surface area contributed by atoms with Crippen LogP contribution >= 0.6 is 11.3 Å². The van der Waals surface area contributed by atoms with Gasteiger partial charge in [-0.3, -0.25) is 9.59 Å². The van der Waals surface area contributed by atoms with Gasteiger partial charge in [0.25, 0.3) is 11.8 Å². The minimum absolute atomic E-state index is 0.120. The van der Waals surface area contributed by atoms with E-state index in [1.807, 2.05) is 37.3 Å². The Morgan fingerprint density at radius 2 is 1.82 bits per heavy atom. The highest BCUT2D eigenvalue weighted by Crippen LogP contribution is 2.17. The van der Waals surface area contributed by atoms with Crippen molar-refractivity contribution in [3.8, 4) is 0 Å². The Bertz CT molecular complexity index is 956. The highest BCUT2D eigenvalue weighted by Gasteiger charge is 2.15. The van der Waals surface area contributed by atoms with Crippen molar-refractivity contribution in [2.75, 3.05) is 5.32 Å². The van der Waals surface area contributed by atoms with Crippen molar-refractivity contribution in [1.29, 1.82) is 0 Å². The van der Waals surface area contributed by atoms with Gasteiger partial charge in [-0.2, -0.15) is 0 Å². The van der Waals surface area contributed by atoms with Crippen LogP contribution in [-0.2, 0) is 6.42 Å². The Labute approximate surface area is 168 Å².